The van der Waals surface area contributed by atoms with Crippen molar-refractivity contribution in [3.8, 4) is 0 Å². The van der Waals surface area contributed by atoms with Gasteiger partial charge in [-0.3, -0.25) is 14.3 Å². The van der Waals surface area contributed by atoms with Crippen LogP contribution in [0.5, 0.6) is 0 Å². The second-order valence-electron chi connectivity index (χ2n) is 7.87. The zero-order valence-corrected chi connectivity index (χ0v) is 19.9. The first kappa shape index (κ1) is 24.3. The molecule has 4 rings (SSSR count). The molecular formula is C22H20F3N7O2S. The van der Waals surface area contributed by atoms with Crippen molar-refractivity contribution in [3.05, 3.63) is 63.1 Å². The average molecular weight is 504 g/mol. The van der Waals surface area contributed by atoms with Crippen LogP contribution in [-0.2, 0) is 13.2 Å². The highest BCUT2D eigenvalue weighted by molar-refractivity contribution is 7.13. The van der Waals surface area contributed by atoms with E-state index in [1.54, 1.807) is 25.6 Å². The first-order chi connectivity index (χ1) is 16.5. The second kappa shape index (κ2) is 9.06. The molecule has 4 aromatic rings. The number of aryl methyl sites for hydroxylation is 3. The molecule has 2 amide bonds. The van der Waals surface area contributed by atoms with Crippen molar-refractivity contribution in [3.63, 3.8) is 0 Å². The van der Waals surface area contributed by atoms with E-state index in [2.05, 4.69) is 30.7 Å². The van der Waals surface area contributed by atoms with Crippen LogP contribution in [0.1, 0.15) is 55.0 Å². The molecule has 35 heavy (non-hydrogen) atoms. The number of nitrogens with one attached hydrogen (secondary N) is 2. The lowest BCUT2D eigenvalue weighted by Gasteiger charge is -2.12. The molecule has 0 radical (unpaired) electrons. The van der Waals surface area contributed by atoms with E-state index >= 15 is 0 Å². The van der Waals surface area contributed by atoms with Crippen LogP contribution in [0.3, 0.4) is 0 Å². The van der Waals surface area contributed by atoms with E-state index in [1.807, 2.05) is 0 Å². The number of fused-ring (bicyclic) bond motifs is 1. The molecule has 1 unspecified atom stereocenters. The Hall–Kier alpha value is -3.87. The smallest absolute Gasteiger partial charge is 0.342 e. The van der Waals surface area contributed by atoms with Crippen molar-refractivity contribution in [1.29, 1.82) is 0 Å². The molecule has 1 atom stereocenters. The summed E-state index contributed by atoms with van der Waals surface area (Å²) in [5.41, 5.74) is 0.555. The van der Waals surface area contributed by atoms with Gasteiger partial charge in [-0.15, -0.1) is 11.3 Å². The minimum atomic E-state index is -4.53. The maximum Gasteiger partial charge on any atom is 0.416 e. The Balaban J connectivity index is 1.48. The summed E-state index contributed by atoms with van der Waals surface area (Å²) in [6.07, 6.45) is -1.94. The molecule has 0 fully saturated rings. The number of alkyl halides is 3. The predicted molar refractivity (Wildman–Crippen MR) is 123 cm³/mol. The van der Waals surface area contributed by atoms with Gasteiger partial charge in [-0.25, -0.2) is 15.0 Å². The Kier molecular flexibility index (Phi) is 6.28. The van der Waals surface area contributed by atoms with Crippen LogP contribution in [0.2, 0.25) is 0 Å². The third-order valence-electron chi connectivity index (χ3n) is 5.28. The number of amides is 2. The molecule has 1 aromatic carbocycles. The molecule has 3 heterocycles. The maximum absolute atomic E-state index is 13.1. The van der Waals surface area contributed by atoms with Crippen LogP contribution in [0.15, 0.2) is 30.7 Å². The van der Waals surface area contributed by atoms with E-state index in [9.17, 15) is 22.8 Å². The number of carbonyl (C=O) groups excluding carboxylic acids is 2. The zero-order chi connectivity index (χ0) is 25.5. The van der Waals surface area contributed by atoms with E-state index in [0.717, 1.165) is 17.4 Å². The summed E-state index contributed by atoms with van der Waals surface area (Å²) in [4.78, 5) is 38.1. The van der Waals surface area contributed by atoms with Gasteiger partial charge in [0.05, 0.1) is 28.9 Å². The molecule has 13 heteroatoms. The fraction of sp³-hybridized carbons (Fsp3) is 0.273. The van der Waals surface area contributed by atoms with Crippen molar-refractivity contribution in [1.82, 2.24) is 30.0 Å². The SMILES string of the molecule is Cc1ccc(NC(=O)c2cnc(C(C)NC(=O)c3ncnc4c3c(C)nn4C)s2)cc1C(F)(F)F. The Morgan fingerprint density at radius 3 is 2.57 bits per heavy atom. The van der Waals surface area contributed by atoms with Crippen LogP contribution in [0.25, 0.3) is 11.0 Å². The molecule has 2 N–H and O–H groups in total. The molecule has 0 aliphatic heterocycles. The molecule has 3 aromatic heterocycles. The molecular weight excluding hydrogens is 483 g/mol. The van der Waals surface area contributed by atoms with Gasteiger partial charge in [-0.05, 0) is 38.5 Å². The number of thiazole rings is 1. The van der Waals surface area contributed by atoms with Crippen LogP contribution >= 0.6 is 11.3 Å². The van der Waals surface area contributed by atoms with Gasteiger partial charge >= 0.3 is 6.18 Å². The van der Waals surface area contributed by atoms with Crippen molar-refractivity contribution in [2.24, 2.45) is 7.05 Å². The van der Waals surface area contributed by atoms with Crippen LogP contribution in [0, 0.1) is 13.8 Å². The Morgan fingerprint density at radius 2 is 1.86 bits per heavy atom. The maximum atomic E-state index is 13.1. The van der Waals surface area contributed by atoms with Gasteiger partial charge in [0.1, 0.15) is 21.9 Å². The highest BCUT2D eigenvalue weighted by atomic mass is 32.1. The van der Waals surface area contributed by atoms with Crippen molar-refractivity contribution >= 4 is 39.9 Å². The van der Waals surface area contributed by atoms with Gasteiger partial charge in [0, 0.05) is 12.7 Å². The first-order valence-electron chi connectivity index (χ1n) is 10.4. The lowest BCUT2D eigenvalue weighted by molar-refractivity contribution is -0.138. The van der Waals surface area contributed by atoms with Crippen LogP contribution in [-0.4, -0.2) is 36.5 Å². The molecule has 9 nitrogen and oxygen atoms in total. The molecule has 0 aliphatic rings. The number of anilines is 1. The number of benzene rings is 1. The molecule has 0 bridgehead atoms. The van der Waals surface area contributed by atoms with Gasteiger partial charge in [0.25, 0.3) is 11.8 Å². The van der Waals surface area contributed by atoms with Gasteiger partial charge in [0.15, 0.2) is 5.65 Å². The zero-order valence-electron chi connectivity index (χ0n) is 19.1. The van der Waals surface area contributed by atoms with Crippen molar-refractivity contribution in [2.45, 2.75) is 33.0 Å². The predicted octanol–water partition coefficient (Wildman–Crippen LogP) is 4.20. The third kappa shape index (κ3) is 4.85. The molecule has 0 spiro atoms. The standard InChI is InChI=1S/C22H20F3N7O2S/c1-10-5-6-13(7-14(10)22(23,24)25)30-19(33)15-8-26-21(35-15)12(3)29-20(34)17-16-11(2)31-32(4)18(16)28-9-27-17/h5-9,12H,1-4H3,(H,29,34)(H,30,33). The number of aromatic nitrogens is 5. The Morgan fingerprint density at radius 1 is 1.11 bits per heavy atom. The fourth-order valence-electron chi connectivity index (χ4n) is 3.57. The lowest BCUT2D eigenvalue weighted by Crippen LogP contribution is -2.27. The van der Waals surface area contributed by atoms with E-state index in [4.69, 9.17) is 0 Å². The topological polar surface area (TPSA) is 115 Å². The van der Waals surface area contributed by atoms with Gasteiger partial charge in [-0.1, -0.05) is 6.07 Å². The number of carbonyl (C=O) groups is 2. The molecule has 182 valence electrons. The van der Waals surface area contributed by atoms with E-state index < -0.39 is 29.6 Å². The number of halogens is 3. The molecule has 0 saturated carbocycles. The minimum Gasteiger partial charge on any atom is -0.342 e. The number of nitrogens with zero attached hydrogens (tertiary/aromatic N) is 5. The minimum absolute atomic E-state index is 0.0174. The highest BCUT2D eigenvalue weighted by Gasteiger charge is 2.32. The second-order valence-corrected chi connectivity index (χ2v) is 8.93. The van der Waals surface area contributed by atoms with E-state index in [1.165, 1.54) is 31.6 Å². The van der Waals surface area contributed by atoms with Gasteiger partial charge in [-0.2, -0.15) is 18.3 Å². The number of rotatable bonds is 5. The van der Waals surface area contributed by atoms with Crippen LogP contribution < -0.4 is 10.6 Å². The van der Waals surface area contributed by atoms with Gasteiger partial charge < -0.3 is 10.6 Å². The summed E-state index contributed by atoms with van der Waals surface area (Å²) in [6.45, 7) is 4.80. The summed E-state index contributed by atoms with van der Waals surface area (Å²) in [6, 6.07) is 3.02. The van der Waals surface area contributed by atoms with E-state index in [0.29, 0.717) is 21.7 Å². The molecule has 0 saturated heterocycles. The normalized spacial score (nSPS) is 12.5. The van der Waals surface area contributed by atoms with Crippen LogP contribution in [0.4, 0.5) is 18.9 Å². The Bertz CT molecular complexity index is 1440. The largest absolute Gasteiger partial charge is 0.416 e. The van der Waals surface area contributed by atoms with E-state index in [-0.39, 0.29) is 21.8 Å². The highest BCUT2D eigenvalue weighted by Crippen LogP contribution is 2.33. The number of hydrogen-bond donors (Lipinski definition) is 2. The van der Waals surface area contributed by atoms with Crippen molar-refractivity contribution < 1.29 is 22.8 Å². The average Bonchev–Trinajstić information content (AvgIpc) is 3.39. The Labute approximate surface area is 201 Å². The van der Waals surface area contributed by atoms with Gasteiger partial charge in [0.2, 0.25) is 0 Å². The fourth-order valence-corrected chi connectivity index (χ4v) is 4.38. The van der Waals surface area contributed by atoms with Crippen molar-refractivity contribution in [2.75, 3.05) is 5.32 Å². The lowest BCUT2D eigenvalue weighted by atomic mass is 10.1. The quantitative estimate of drug-likeness (QED) is 0.422. The monoisotopic (exact) mass is 503 g/mol. The summed E-state index contributed by atoms with van der Waals surface area (Å²) in [5.74, 6) is -1.06. The summed E-state index contributed by atoms with van der Waals surface area (Å²) >= 11 is 1.02. The first-order valence-corrected chi connectivity index (χ1v) is 11.2. The summed E-state index contributed by atoms with van der Waals surface area (Å²) < 4.78 is 41.0. The molecule has 0 aliphatic carbocycles. The summed E-state index contributed by atoms with van der Waals surface area (Å²) in [5, 5.41) is 10.5. The summed E-state index contributed by atoms with van der Waals surface area (Å²) in [7, 11) is 1.72. The number of hydrogen-bond acceptors (Lipinski definition) is 7. The third-order valence-corrected chi connectivity index (χ3v) is 6.46.